The van der Waals surface area contributed by atoms with Crippen molar-refractivity contribution in [3.63, 3.8) is 0 Å². The van der Waals surface area contributed by atoms with Gasteiger partial charge in [-0.1, -0.05) is 62.7 Å². The number of amides is 2. The van der Waals surface area contributed by atoms with Crippen LogP contribution in [0.5, 0.6) is 0 Å². The average molecular weight is 510 g/mol. The van der Waals surface area contributed by atoms with E-state index >= 15 is 0 Å². The monoisotopic (exact) mass is 509 g/mol. The molecule has 1 atom stereocenters. The Balaban J connectivity index is 1.77. The number of nitrogens with two attached hydrogens (primary N) is 1. The van der Waals surface area contributed by atoms with Crippen LogP contribution in [0, 0.1) is 12.8 Å². The molecule has 2 N–H and O–H groups in total. The van der Waals surface area contributed by atoms with Crippen molar-refractivity contribution in [3.8, 4) is 0 Å². The smallest absolute Gasteiger partial charge is 0.267 e. The van der Waals surface area contributed by atoms with E-state index in [2.05, 4.69) is 12.1 Å². The third kappa shape index (κ3) is 7.50. The van der Waals surface area contributed by atoms with Crippen molar-refractivity contribution < 1.29 is 14.1 Å². The minimum atomic E-state index is -0.408. The van der Waals surface area contributed by atoms with Crippen molar-refractivity contribution in [2.24, 2.45) is 11.7 Å². The Labute approximate surface area is 218 Å². The molecule has 9 heteroatoms. The topological polar surface area (TPSA) is 124 Å². The largest absolute Gasteiger partial charge is 0.370 e. The predicted molar refractivity (Wildman–Crippen MR) is 143 cm³/mol. The van der Waals surface area contributed by atoms with Crippen molar-refractivity contribution in [1.29, 1.82) is 0 Å². The van der Waals surface area contributed by atoms with Gasteiger partial charge in [-0.3, -0.25) is 19.0 Å². The highest BCUT2D eigenvalue weighted by molar-refractivity contribution is 5.78. The highest BCUT2D eigenvalue weighted by Crippen LogP contribution is 2.26. The Hall–Kier alpha value is -3.49. The Bertz CT molecular complexity index is 1250. The molecule has 1 aromatic carbocycles. The van der Waals surface area contributed by atoms with E-state index in [0.717, 1.165) is 31.2 Å². The molecule has 0 aliphatic carbocycles. The first-order valence-corrected chi connectivity index (χ1v) is 13.2. The maximum atomic E-state index is 13.5. The van der Waals surface area contributed by atoms with Crippen LogP contribution in [-0.2, 0) is 16.1 Å². The first-order valence-electron chi connectivity index (χ1n) is 13.2. The quantitative estimate of drug-likeness (QED) is 0.326. The molecule has 0 aliphatic rings. The summed E-state index contributed by atoms with van der Waals surface area (Å²) in [6.45, 7) is 9.19. The summed E-state index contributed by atoms with van der Waals surface area (Å²) in [7, 11) is 0. The minimum absolute atomic E-state index is 0.0386. The van der Waals surface area contributed by atoms with Crippen molar-refractivity contribution in [3.05, 3.63) is 57.8 Å². The molecule has 2 heterocycles. The number of hydrogen-bond acceptors (Lipinski definition) is 6. The fourth-order valence-corrected chi connectivity index (χ4v) is 4.61. The van der Waals surface area contributed by atoms with Gasteiger partial charge in [0, 0.05) is 31.8 Å². The molecule has 2 aromatic heterocycles. The van der Waals surface area contributed by atoms with Gasteiger partial charge in [0.15, 0.2) is 0 Å². The first-order chi connectivity index (χ1) is 17.7. The zero-order chi connectivity index (χ0) is 26.9. The van der Waals surface area contributed by atoms with Gasteiger partial charge in [0.05, 0.1) is 12.2 Å². The van der Waals surface area contributed by atoms with Gasteiger partial charge in [-0.15, -0.1) is 0 Å². The van der Waals surface area contributed by atoms with Crippen LogP contribution >= 0.6 is 0 Å². The second-order valence-corrected chi connectivity index (χ2v) is 10.1. The van der Waals surface area contributed by atoms with E-state index in [0.29, 0.717) is 43.0 Å². The summed E-state index contributed by atoms with van der Waals surface area (Å²) in [6.07, 6.45) is 3.84. The summed E-state index contributed by atoms with van der Waals surface area (Å²) in [5.74, 6) is 0.620. The molecule has 37 heavy (non-hydrogen) atoms. The molecule has 9 nitrogen and oxygen atoms in total. The molecule has 0 fully saturated rings. The van der Waals surface area contributed by atoms with Gasteiger partial charge < -0.3 is 15.2 Å². The number of aryl methyl sites for hydroxylation is 1. The van der Waals surface area contributed by atoms with Crippen molar-refractivity contribution in [2.45, 2.75) is 78.7 Å². The number of aromatic nitrogens is 3. The van der Waals surface area contributed by atoms with Crippen LogP contribution < -0.4 is 11.3 Å². The van der Waals surface area contributed by atoms with Crippen LogP contribution in [-0.4, -0.2) is 44.5 Å². The van der Waals surface area contributed by atoms with E-state index in [4.69, 9.17) is 15.2 Å². The van der Waals surface area contributed by atoms with E-state index < -0.39 is 5.91 Å². The molecule has 0 saturated heterocycles. The Morgan fingerprint density at radius 2 is 1.86 bits per heavy atom. The molecule has 3 aromatic rings. The molecular weight excluding hydrogens is 470 g/mol. The van der Waals surface area contributed by atoms with Crippen LogP contribution in [0.15, 0.2) is 39.6 Å². The van der Waals surface area contributed by atoms with Crippen LogP contribution in [0.3, 0.4) is 0 Å². The standard InChI is InChI=1S/C28H39N5O4/c1-5-22(13-9-10-15-32(16-14-23(29)34)24(35)17-19(2)3)26-30-27-25(20(4)31-37-27)28(36)33(26)18-21-11-7-6-8-12-21/h6-8,11-12,19,22H,5,9-10,13-18H2,1-4H3,(H2,29,34). The molecule has 0 aliphatic heterocycles. The van der Waals surface area contributed by atoms with Crippen molar-refractivity contribution in [1.82, 2.24) is 19.6 Å². The predicted octanol–water partition coefficient (Wildman–Crippen LogP) is 4.16. The average Bonchev–Trinajstić information content (AvgIpc) is 3.23. The van der Waals surface area contributed by atoms with Crippen LogP contribution in [0.4, 0.5) is 0 Å². The van der Waals surface area contributed by atoms with E-state index in [1.807, 2.05) is 44.2 Å². The summed E-state index contributed by atoms with van der Waals surface area (Å²) in [5, 5.41) is 4.39. The summed E-state index contributed by atoms with van der Waals surface area (Å²) < 4.78 is 7.13. The normalized spacial score (nSPS) is 12.2. The van der Waals surface area contributed by atoms with Gasteiger partial charge in [-0.2, -0.15) is 4.98 Å². The van der Waals surface area contributed by atoms with Crippen LogP contribution in [0.1, 0.15) is 82.3 Å². The zero-order valence-corrected chi connectivity index (χ0v) is 22.4. The number of benzene rings is 1. The maximum absolute atomic E-state index is 13.5. The fraction of sp³-hybridized carbons (Fsp3) is 0.536. The van der Waals surface area contributed by atoms with Crippen molar-refractivity contribution in [2.75, 3.05) is 13.1 Å². The third-order valence-corrected chi connectivity index (χ3v) is 6.63. The van der Waals surface area contributed by atoms with E-state index in [1.165, 1.54) is 0 Å². The first kappa shape index (κ1) is 28.1. The second-order valence-electron chi connectivity index (χ2n) is 10.1. The molecule has 1 unspecified atom stereocenters. The van der Waals surface area contributed by atoms with Gasteiger partial charge in [0.2, 0.25) is 11.8 Å². The summed E-state index contributed by atoms with van der Waals surface area (Å²) in [6, 6.07) is 9.86. The number of fused-ring (bicyclic) bond motifs is 1. The van der Waals surface area contributed by atoms with Gasteiger partial charge >= 0.3 is 0 Å². The number of nitrogens with zero attached hydrogens (tertiary/aromatic N) is 4. The number of primary amides is 1. The van der Waals surface area contributed by atoms with Crippen molar-refractivity contribution >= 4 is 22.9 Å². The highest BCUT2D eigenvalue weighted by atomic mass is 16.5. The van der Waals surface area contributed by atoms with Crippen LogP contribution in [0.25, 0.3) is 11.1 Å². The Kier molecular flexibility index (Phi) is 10.00. The molecular formula is C28H39N5O4. The second kappa shape index (κ2) is 13.2. The lowest BCUT2D eigenvalue weighted by molar-refractivity contribution is -0.132. The number of unbranched alkanes of at least 4 members (excludes halogenated alkanes) is 1. The molecule has 2 amide bonds. The van der Waals surface area contributed by atoms with Gasteiger partial charge in [-0.25, -0.2) is 0 Å². The summed E-state index contributed by atoms with van der Waals surface area (Å²) >= 11 is 0. The maximum Gasteiger partial charge on any atom is 0.267 e. The summed E-state index contributed by atoms with van der Waals surface area (Å²) in [5.41, 5.74) is 7.01. The summed E-state index contributed by atoms with van der Waals surface area (Å²) in [4.78, 5) is 44.0. The lowest BCUT2D eigenvalue weighted by Crippen LogP contribution is -2.35. The number of rotatable bonds is 14. The molecule has 200 valence electrons. The zero-order valence-electron chi connectivity index (χ0n) is 22.4. The lowest BCUT2D eigenvalue weighted by atomic mass is 9.97. The third-order valence-electron chi connectivity index (χ3n) is 6.63. The lowest BCUT2D eigenvalue weighted by Gasteiger charge is -2.24. The van der Waals surface area contributed by atoms with Gasteiger partial charge in [0.25, 0.3) is 11.3 Å². The highest BCUT2D eigenvalue weighted by Gasteiger charge is 2.23. The number of carbonyl (C=O) groups excluding carboxylic acids is 2. The molecule has 0 spiro atoms. The number of carbonyl (C=O) groups is 2. The SMILES string of the molecule is CCC(CCCCN(CCC(N)=O)C(=O)CC(C)C)c1nc2onc(C)c2c(=O)n1Cc1ccccc1. The molecule has 0 saturated carbocycles. The van der Waals surface area contributed by atoms with Gasteiger partial charge in [-0.05, 0) is 37.7 Å². The molecule has 0 bridgehead atoms. The Morgan fingerprint density at radius 1 is 1.14 bits per heavy atom. The fourth-order valence-electron chi connectivity index (χ4n) is 4.61. The van der Waals surface area contributed by atoms with Crippen LogP contribution in [0.2, 0.25) is 0 Å². The Morgan fingerprint density at radius 3 is 2.51 bits per heavy atom. The minimum Gasteiger partial charge on any atom is -0.370 e. The van der Waals surface area contributed by atoms with E-state index in [1.54, 1.807) is 16.4 Å². The van der Waals surface area contributed by atoms with E-state index in [-0.39, 0.29) is 35.4 Å². The van der Waals surface area contributed by atoms with E-state index in [9.17, 15) is 14.4 Å². The van der Waals surface area contributed by atoms with Gasteiger partial charge in [0.1, 0.15) is 11.2 Å². The number of hydrogen-bond donors (Lipinski definition) is 1. The molecule has 3 rings (SSSR count). The molecule has 0 radical (unpaired) electrons.